The highest BCUT2D eigenvalue weighted by Crippen LogP contribution is 2.40. The van der Waals surface area contributed by atoms with Crippen LogP contribution in [0.15, 0.2) is 49.1 Å². The predicted molar refractivity (Wildman–Crippen MR) is 129 cm³/mol. The van der Waals surface area contributed by atoms with Gasteiger partial charge in [-0.3, -0.25) is 9.78 Å². The number of nitrogens with one attached hydrogen (secondary N) is 3. The number of carbonyl (C=O) groups excluding carboxylic acids is 1. The van der Waals surface area contributed by atoms with Crippen molar-refractivity contribution in [3.8, 4) is 28.8 Å². The van der Waals surface area contributed by atoms with Gasteiger partial charge in [-0.25, -0.2) is 14.4 Å². The van der Waals surface area contributed by atoms with Crippen LogP contribution in [0.4, 0.5) is 21.6 Å². The number of aromatic amines is 1. The van der Waals surface area contributed by atoms with E-state index in [1.807, 2.05) is 0 Å². The van der Waals surface area contributed by atoms with E-state index in [9.17, 15) is 9.18 Å². The molecule has 0 atom stereocenters. The molecule has 35 heavy (non-hydrogen) atoms. The maximum absolute atomic E-state index is 14.4. The zero-order chi connectivity index (χ0) is 24.4. The highest BCUT2D eigenvalue weighted by molar-refractivity contribution is 6.06. The SMILES string of the molecule is COc1c(F)cccc1Nc1c(-c2ccnc(N)c2C#Cc2cnccn2)[nH]c2c1C(=O)NCC2. The summed E-state index contributed by atoms with van der Waals surface area (Å²) in [6.45, 7) is 0.492. The summed E-state index contributed by atoms with van der Waals surface area (Å²) in [4.78, 5) is 28.6. The second-order valence-corrected chi connectivity index (χ2v) is 7.64. The van der Waals surface area contributed by atoms with E-state index < -0.39 is 5.82 Å². The molecule has 0 spiro atoms. The molecule has 0 unspecified atom stereocenters. The monoisotopic (exact) mass is 469 g/mol. The second kappa shape index (κ2) is 9.15. The van der Waals surface area contributed by atoms with Crippen LogP contribution < -0.4 is 21.1 Å². The third-order valence-electron chi connectivity index (χ3n) is 5.52. The highest BCUT2D eigenvalue weighted by atomic mass is 19.1. The third-order valence-corrected chi connectivity index (χ3v) is 5.52. The number of halogens is 1. The minimum absolute atomic E-state index is 0.0292. The number of nitrogens with zero attached hydrogens (tertiary/aromatic N) is 3. The first-order valence-corrected chi connectivity index (χ1v) is 10.7. The van der Waals surface area contributed by atoms with Crippen molar-refractivity contribution in [2.24, 2.45) is 0 Å². The lowest BCUT2D eigenvalue weighted by molar-refractivity contribution is 0.0947. The maximum atomic E-state index is 14.4. The molecular weight excluding hydrogens is 449 g/mol. The summed E-state index contributed by atoms with van der Waals surface area (Å²) in [6, 6.07) is 6.27. The van der Waals surface area contributed by atoms with Crippen LogP contribution in [0.25, 0.3) is 11.3 Å². The number of fused-ring (bicyclic) bond motifs is 1. The average Bonchev–Trinajstić information content (AvgIpc) is 3.23. The van der Waals surface area contributed by atoms with Crippen molar-refractivity contribution in [2.45, 2.75) is 6.42 Å². The fraction of sp³-hybridized carbons (Fsp3) is 0.120. The molecule has 5 rings (SSSR count). The molecule has 0 aliphatic carbocycles. The van der Waals surface area contributed by atoms with Gasteiger partial charge in [-0.2, -0.15) is 0 Å². The molecule has 0 bridgehead atoms. The highest BCUT2D eigenvalue weighted by Gasteiger charge is 2.28. The minimum Gasteiger partial charge on any atom is -0.492 e. The molecule has 0 radical (unpaired) electrons. The van der Waals surface area contributed by atoms with Gasteiger partial charge in [0.05, 0.1) is 41.5 Å². The Bertz CT molecular complexity index is 1490. The van der Waals surface area contributed by atoms with Gasteiger partial charge in [-0.15, -0.1) is 0 Å². The standard InChI is InChI=1S/C25H20FN7O2/c1-35-23-17(26)3-2-4-19(23)33-22-20-18(8-10-31-25(20)34)32-21(22)15-7-9-30-24(27)16(15)6-5-14-13-28-11-12-29-14/h2-4,7,9,11-13,32-33H,8,10H2,1H3,(H2,27,30)(H,31,34). The van der Waals surface area contributed by atoms with E-state index in [0.717, 1.165) is 5.69 Å². The Morgan fingerprint density at radius 2 is 2.06 bits per heavy atom. The number of rotatable bonds is 4. The number of carbonyl (C=O) groups is 1. The first-order valence-electron chi connectivity index (χ1n) is 10.7. The molecule has 4 heterocycles. The third kappa shape index (κ3) is 4.11. The van der Waals surface area contributed by atoms with Gasteiger partial charge in [0.2, 0.25) is 0 Å². The molecule has 174 valence electrons. The molecule has 4 aromatic rings. The Kier molecular flexibility index (Phi) is 5.73. The van der Waals surface area contributed by atoms with Crippen LogP contribution in [0.5, 0.6) is 5.75 Å². The number of para-hydroxylation sites is 1. The van der Waals surface area contributed by atoms with Crippen LogP contribution in [0.1, 0.15) is 27.3 Å². The van der Waals surface area contributed by atoms with Gasteiger partial charge in [-0.1, -0.05) is 12.0 Å². The fourth-order valence-electron chi connectivity index (χ4n) is 3.96. The molecule has 5 N–H and O–H groups in total. The van der Waals surface area contributed by atoms with Crippen molar-refractivity contribution in [3.05, 3.63) is 77.4 Å². The van der Waals surface area contributed by atoms with Crippen molar-refractivity contribution < 1.29 is 13.9 Å². The summed E-state index contributed by atoms with van der Waals surface area (Å²) >= 11 is 0. The first kappa shape index (κ1) is 21.9. The Morgan fingerprint density at radius 3 is 2.86 bits per heavy atom. The van der Waals surface area contributed by atoms with Crippen LogP contribution in [-0.2, 0) is 6.42 Å². The molecule has 1 aliphatic heterocycles. The Balaban J connectivity index is 1.70. The van der Waals surface area contributed by atoms with Crippen LogP contribution >= 0.6 is 0 Å². The Labute approximate surface area is 200 Å². The number of hydrogen-bond acceptors (Lipinski definition) is 7. The van der Waals surface area contributed by atoms with Crippen LogP contribution in [-0.4, -0.2) is 39.5 Å². The van der Waals surface area contributed by atoms with Crippen molar-refractivity contribution in [3.63, 3.8) is 0 Å². The minimum atomic E-state index is -0.531. The van der Waals surface area contributed by atoms with Gasteiger partial charge in [0, 0.05) is 42.8 Å². The summed E-state index contributed by atoms with van der Waals surface area (Å²) in [5, 5.41) is 6.06. The van der Waals surface area contributed by atoms with Gasteiger partial charge >= 0.3 is 0 Å². The molecular formula is C25H20FN7O2. The number of amides is 1. The number of benzene rings is 1. The summed E-state index contributed by atoms with van der Waals surface area (Å²) in [5.41, 5.74) is 10.3. The number of anilines is 3. The summed E-state index contributed by atoms with van der Waals surface area (Å²) in [7, 11) is 1.38. The smallest absolute Gasteiger partial charge is 0.255 e. The fourth-order valence-corrected chi connectivity index (χ4v) is 3.96. The molecule has 0 saturated carbocycles. The Morgan fingerprint density at radius 1 is 1.17 bits per heavy atom. The van der Waals surface area contributed by atoms with E-state index in [-0.39, 0.29) is 17.5 Å². The van der Waals surface area contributed by atoms with Gasteiger partial charge in [0.15, 0.2) is 11.6 Å². The van der Waals surface area contributed by atoms with Crippen LogP contribution in [0.3, 0.4) is 0 Å². The number of aromatic nitrogens is 4. The van der Waals surface area contributed by atoms with Crippen LogP contribution in [0, 0.1) is 17.7 Å². The predicted octanol–water partition coefficient (Wildman–Crippen LogP) is 3.03. The van der Waals surface area contributed by atoms with Crippen LogP contribution in [0.2, 0.25) is 0 Å². The van der Waals surface area contributed by atoms with Crippen molar-refractivity contribution >= 4 is 23.1 Å². The quantitative estimate of drug-likeness (QED) is 0.338. The number of nitrogen functional groups attached to an aromatic ring is 1. The summed E-state index contributed by atoms with van der Waals surface area (Å²) < 4.78 is 19.6. The van der Waals surface area contributed by atoms with E-state index in [1.165, 1.54) is 13.2 Å². The zero-order valence-electron chi connectivity index (χ0n) is 18.6. The first-order chi connectivity index (χ1) is 17.1. The molecule has 0 fully saturated rings. The van der Waals surface area contributed by atoms with Crippen molar-refractivity contribution in [1.82, 2.24) is 25.3 Å². The number of pyridine rings is 1. The molecule has 1 aliphatic rings. The van der Waals surface area contributed by atoms with E-state index in [0.29, 0.717) is 52.4 Å². The van der Waals surface area contributed by atoms with E-state index in [1.54, 1.807) is 43.0 Å². The van der Waals surface area contributed by atoms with Gasteiger partial charge in [-0.05, 0) is 24.1 Å². The largest absolute Gasteiger partial charge is 0.492 e. The molecule has 10 heteroatoms. The molecule has 9 nitrogen and oxygen atoms in total. The van der Waals surface area contributed by atoms with E-state index in [4.69, 9.17) is 10.5 Å². The number of ether oxygens (including phenoxy) is 1. The molecule has 1 amide bonds. The van der Waals surface area contributed by atoms with E-state index >= 15 is 0 Å². The lowest BCUT2D eigenvalue weighted by Crippen LogP contribution is -2.31. The lowest BCUT2D eigenvalue weighted by atomic mass is 10.0. The van der Waals surface area contributed by atoms with Crippen molar-refractivity contribution in [2.75, 3.05) is 24.7 Å². The molecule has 1 aromatic carbocycles. The molecule has 0 saturated heterocycles. The molecule has 3 aromatic heterocycles. The second-order valence-electron chi connectivity index (χ2n) is 7.64. The number of hydrogen-bond donors (Lipinski definition) is 4. The Hall–Kier alpha value is -4.91. The van der Waals surface area contributed by atoms with E-state index in [2.05, 4.69) is 42.4 Å². The van der Waals surface area contributed by atoms with Gasteiger partial charge < -0.3 is 26.1 Å². The number of H-pyrrole nitrogens is 1. The summed E-state index contributed by atoms with van der Waals surface area (Å²) in [5.74, 6) is 5.45. The number of nitrogens with two attached hydrogens (primary N) is 1. The lowest BCUT2D eigenvalue weighted by Gasteiger charge is -2.17. The number of methoxy groups -OCH3 is 1. The average molecular weight is 469 g/mol. The maximum Gasteiger partial charge on any atom is 0.255 e. The summed E-state index contributed by atoms with van der Waals surface area (Å²) in [6.07, 6.45) is 6.80. The normalized spacial score (nSPS) is 12.2. The zero-order valence-corrected chi connectivity index (χ0v) is 18.6. The van der Waals surface area contributed by atoms with Crippen molar-refractivity contribution in [1.29, 1.82) is 0 Å². The van der Waals surface area contributed by atoms with Gasteiger partial charge in [0.1, 0.15) is 11.5 Å². The van der Waals surface area contributed by atoms with Gasteiger partial charge in [0.25, 0.3) is 5.91 Å². The topological polar surface area (TPSA) is 131 Å².